The van der Waals surface area contributed by atoms with Crippen LogP contribution >= 0.6 is 0 Å². The van der Waals surface area contributed by atoms with Crippen LogP contribution in [0.15, 0.2) is 29.2 Å². The Labute approximate surface area is 125 Å². The summed E-state index contributed by atoms with van der Waals surface area (Å²) in [7, 11) is -1.08. The number of ether oxygens (including phenoxy) is 1. The number of methoxy groups -OCH3 is 1. The van der Waals surface area contributed by atoms with Crippen molar-refractivity contribution in [3.05, 3.63) is 24.3 Å². The molecule has 21 heavy (non-hydrogen) atoms. The summed E-state index contributed by atoms with van der Waals surface area (Å²) in [5, 5.41) is 9.26. The highest BCUT2D eigenvalue weighted by Gasteiger charge is 2.33. The molecule has 0 aliphatic carbocycles. The van der Waals surface area contributed by atoms with E-state index in [0.29, 0.717) is 5.75 Å². The average Bonchev–Trinajstić information content (AvgIpc) is 2.43. The molecule has 0 saturated carbocycles. The largest absolute Gasteiger partial charge is 0.497 e. The molecule has 1 N–H and O–H groups in total. The van der Waals surface area contributed by atoms with Gasteiger partial charge in [-0.05, 0) is 36.6 Å². The van der Waals surface area contributed by atoms with Crippen molar-refractivity contribution in [2.45, 2.75) is 31.2 Å². The van der Waals surface area contributed by atoms with Gasteiger partial charge in [0.25, 0.3) is 0 Å². The highest BCUT2D eigenvalue weighted by atomic mass is 32.2. The summed E-state index contributed by atoms with van der Waals surface area (Å²) in [4.78, 5) is 11.4. The van der Waals surface area contributed by atoms with Crippen molar-refractivity contribution in [3.8, 4) is 5.75 Å². The molecule has 0 spiro atoms. The highest BCUT2D eigenvalue weighted by molar-refractivity contribution is 7.89. The molecule has 1 aromatic carbocycles. The lowest BCUT2D eigenvalue weighted by molar-refractivity contribution is -0.141. The number of nitrogens with zero attached hydrogens (tertiary/aromatic N) is 1. The van der Waals surface area contributed by atoms with E-state index in [1.165, 1.54) is 38.4 Å². The van der Waals surface area contributed by atoms with Crippen molar-refractivity contribution in [1.29, 1.82) is 0 Å². The van der Waals surface area contributed by atoms with Crippen LogP contribution < -0.4 is 4.74 Å². The van der Waals surface area contributed by atoms with Gasteiger partial charge in [0, 0.05) is 7.05 Å². The molecular weight excluding hydrogens is 294 g/mol. The monoisotopic (exact) mass is 315 g/mol. The summed E-state index contributed by atoms with van der Waals surface area (Å²) in [5.74, 6) is -0.545. The van der Waals surface area contributed by atoms with Crippen LogP contribution in [0.3, 0.4) is 0 Å². The lowest BCUT2D eigenvalue weighted by Gasteiger charge is -2.25. The molecule has 0 unspecified atom stereocenters. The van der Waals surface area contributed by atoms with Crippen LogP contribution in [0.4, 0.5) is 0 Å². The number of carboxylic acids is 1. The van der Waals surface area contributed by atoms with Crippen LogP contribution in [0.2, 0.25) is 0 Å². The Bertz CT molecular complexity index is 580. The summed E-state index contributed by atoms with van der Waals surface area (Å²) < 4.78 is 30.9. The van der Waals surface area contributed by atoms with Gasteiger partial charge in [-0.2, -0.15) is 4.31 Å². The third kappa shape index (κ3) is 4.18. The van der Waals surface area contributed by atoms with Crippen LogP contribution in [0, 0.1) is 5.92 Å². The van der Waals surface area contributed by atoms with Crippen molar-refractivity contribution < 1.29 is 23.1 Å². The summed E-state index contributed by atoms with van der Waals surface area (Å²) in [6, 6.07) is 4.77. The van der Waals surface area contributed by atoms with E-state index >= 15 is 0 Å². The van der Waals surface area contributed by atoms with Gasteiger partial charge >= 0.3 is 5.97 Å². The molecule has 1 aromatic rings. The lowest BCUT2D eigenvalue weighted by atomic mass is 10.0. The molecule has 6 nitrogen and oxygen atoms in total. The third-order valence-corrected chi connectivity index (χ3v) is 5.04. The number of carboxylic acid groups (broad SMARTS) is 1. The number of hydrogen-bond donors (Lipinski definition) is 1. The minimum absolute atomic E-state index is 0.0424. The van der Waals surface area contributed by atoms with Gasteiger partial charge in [0.2, 0.25) is 10.0 Å². The molecule has 0 aliphatic rings. The lowest BCUT2D eigenvalue weighted by Crippen LogP contribution is -2.43. The highest BCUT2D eigenvalue weighted by Crippen LogP contribution is 2.22. The second kappa shape index (κ2) is 6.91. The van der Waals surface area contributed by atoms with Crippen LogP contribution in [0.25, 0.3) is 0 Å². The average molecular weight is 315 g/mol. The maximum absolute atomic E-state index is 12.5. The van der Waals surface area contributed by atoms with Gasteiger partial charge in [-0.15, -0.1) is 0 Å². The SMILES string of the molecule is COc1ccc(S(=O)(=O)N(C)[C@@H](CC(C)C)C(=O)O)cc1. The van der Waals surface area contributed by atoms with E-state index in [9.17, 15) is 18.3 Å². The zero-order valence-electron chi connectivity index (χ0n) is 12.6. The quantitative estimate of drug-likeness (QED) is 0.829. The van der Waals surface area contributed by atoms with Crippen molar-refractivity contribution in [2.75, 3.05) is 14.2 Å². The molecule has 118 valence electrons. The van der Waals surface area contributed by atoms with E-state index in [1.54, 1.807) is 0 Å². The van der Waals surface area contributed by atoms with E-state index in [1.807, 2.05) is 13.8 Å². The van der Waals surface area contributed by atoms with Gasteiger partial charge < -0.3 is 9.84 Å². The fourth-order valence-corrected chi connectivity index (χ4v) is 3.26. The van der Waals surface area contributed by atoms with Crippen molar-refractivity contribution in [3.63, 3.8) is 0 Å². The molecule has 0 aliphatic heterocycles. The first kappa shape index (κ1) is 17.5. The van der Waals surface area contributed by atoms with E-state index in [0.717, 1.165) is 4.31 Å². The summed E-state index contributed by atoms with van der Waals surface area (Å²) in [6.45, 7) is 3.70. The molecule has 7 heteroatoms. The Balaban J connectivity index is 3.11. The van der Waals surface area contributed by atoms with Crippen molar-refractivity contribution in [1.82, 2.24) is 4.31 Å². The minimum Gasteiger partial charge on any atom is -0.497 e. The second-order valence-corrected chi connectivity index (χ2v) is 7.18. The van der Waals surface area contributed by atoms with E-state index < -0.39 is 22.0 Å². The van der Waals surface area contributed by atoms with Crippen LogP contribution in [-0.4, -0.2) is 44.0 Å². The van der Waals surface area contributed by atoms with Crippen LogP contribution in [0.1, 0.15) is 20.3 Å². The number of hydrogen-bond acceptors (Lipinski definition) is 4. The first-order valence-electron chi connectivity index (χ1n) is 6.55. The van der Waals surface area contributed by atoms with Crippen molar-refractivity contribution >= 4 is 16.0 Å². The maximum Gasteiger partial charge on any atom is 0.322 e. The van der Waals surface area contributed by atoms with Crippen molar-refractivity contribution in [2.24, 2.45) is 5.92 Å². The molecule has 0 radical (unpaired) electrons. The summed E-state index contributed by atoms with van der Waals surface area (Å²) in [5.41, 5.74) is 0. The molecule has 0 saturated heterocycles. The Kier molecular flexibility index (Phi) is 5.74. The fourth-order valence-electron chi connectivity index (χ4n) is 1.93. The zero-order chi connectivity index (χ0) is 16.2. The molecule has 0 aromatic heterocycles. The first-order valence-corrected chi connectivity index (χ1v) is 7.99. The molecule has 1 rings (SSSR count). The normalized spacial score (nSPS) is 13.4. The maximum atomic E-state index is 12.5. The number of aliphatic carboxylic acids is 1. The second-order valence-electron chi connectivity index (χ2n) is 5.18. The number of carbonyl (C=O) groups is 1. The molecule has 1 atom stereocenters. The Morgan fingerprint density at radius 1 is 1.29 bits per heavy atom. The van der Waals surface area contributed by atoms with Gasteiger partial charge in [0.15, 0.2) is 0 Å². The summed E-state index contributed by atoms with van der Waals surface area (Å²) >= 11 is 0. The number of rotatable bonds is 7. The molecule has 0 heterocycles. The van der Waals surface area contributed by atoms with Gasteiger partial charge in [-0.3, -0.25) is 4.79 Å². The molecule has 0 fully saturated rings. The molecular formula is C14H21NO5S. The van der Waals surface area contributed by atoms with E-state index in [2.05, 4.69) is 0 Å². The standard InChI is InChI=1S/C14H21NO5S/c1-10(2)9-13(14(16)17)15(3)21(18,19)12-7-5-11(20-4)6-8-12/h5-8,10,13H,9H2,1-4H3,(H,16,17)/t13-/m0/s1. The predicted octanol–water partition coefficient (Wildman–Crippen LogP) is 1.81. The van der Waals surface area contributed by atoms with Gasteiger partial charge in [-0.1, -0.05) is 13.8 Å². The van der Waals surface area contributed by atoms with Gasteiger partial charge in [-0.25, -0.2) is 8.42 Å². The van der Waals surface area contributed by atoms with Gasteiger partial charge in [0.1, 0.15) is 11.8 Å². The molecule has 0 amide bonds. The van der Waals surface area contributed by atoms with E-state index in [4.69, 9.17) is 4.74 Å². The Hall–Kier alpha value is -1.60. The Morgan fingerprint density at radius 2 is 1.81 bits per heavy atom. The van der Waals surface area contributed by atoms with Gasteiger partial charge in [0.05, 0.1) is 12.0 Å². The van der Waals surface area contributed by atoms with Crippen LogP contribution in [0.5, 0.6) is 5.75 Å². The molecule has 0 bridgehead atoms. The third-order valence-electron chi connectivity index (χ3n) is 3.16. The zero-order valence-corrected chi connectivity index (χ0v) is 13.4. The number of sulfonamides is 1. The first-order chi connectivity index (χ1) is 9.70. The predicted molar refractivity (Wildman–Crippen MR) is 78.8 cm³/mol. The van der Waals surface area contributed by atoms with E-state index in [-0.39, 0.29) is 17.2 Å². The summed E-state index contributed by atoms with van der Waals surface area (Å²) in [6.07, 6.45) is 0.251. The fraction of sp³-hybridized carbons (Fsp3) is 0.500. The Morgan fingerprint density at radius 3 is 2.19 bits per heavy atom. The number of benzene rings is 1. The number of likely N-dealkylation sites (N-methyl/N-ethyl adjacent to an activating group) is 1. The smallest absolute Gasteiger partial charge is 0.322 e. The van der Waals surface area contributed by atoms with Crippen LogP contribution in [-0.2, 0) is 14.8 Å². The topological polar surface area (TPSA) is 83.9 Å². The minimum atomic E-state index is -3.86.